The van der Waals surface area contributed by atoms with E-state index in [1.54, 1.807) is 48.5 Å². The first-order valence-electron chi connectivity index (χ1n) is 12.3. The number of rotatable bonds is 8. The molecule has 0 amide bonds. The van der Waals surface area contributed by atoms with Crippen molar-refractivity contribution in [3.63, 3.8) is 0 Å². The minimum absolute atomic E-state index is 0.0891. The molecule has 0 fully saturated rings. The Kier molecular flexibility index (Phi) is 8.49. The maximum Gasteiger partial charge on any atom is 0.356 e. The third-order valence-electron chi connectivity index (χ3n) is 6.25. The van der Waals surface area contributed by atoms with Crippen molar-refractivity contribution < 1.29 is 37.3 Å². The van der Waals surface area contributed by atoms with Gasteiger partial charge in [0.25, 0.3) is 0 Å². The predicted octanol–water partition coefficient (Wildman–Crippen LogP) is 5.35. The van der Waals surface area contributed by atoms with Gasteiger partial charge < -0.3 is 29.3 Å². The second-order valence-corrected chi connectivity index (χ2v) is 9.54. The second-order valence-electron chi connectivity index (χ2n) is 8.97. The molecule has 0 bridgehead atoms. The van der Waals surface area contributed by atoms with Crippen LogP contribution in [0.2, 0.25) is 0 Å². The maximum atomic E-state index is 12.0. The van der Waals surface area contributed by atoms with Gasteiger partial charge in [0, 0.05) is 21.8 Å². The molecule has 15 nitrogen and oxygen atoms in total. The van der Waals surface area contributed by atoms with Gasteiger partial charge in [-0.25, -0.2) is 13.8 Å². The molecule has 1 unspecified atom stereocenters. The van der Waals surface area contributed by atoms with Crippen molar-refractivity contribution in [2.45, 2.75) is 0 Å². The van der Waals surface area contributed by atoms with Crippen molar-refractivity contribution >= 4 is 73.3 Å². The van der Waals surface area contributed by atoms with Crippen molar-refractivity contribution in [1.29, 1.82) is 0 Å². The number of fused-ring (bicyclic) bond motifs is 2. The van der Waals surface area contributed by atoms with E-state index in [0.717, 1.165) is 0 Å². The van der Waals surface area contributed by atoms with Crippen molar-refractivity contribution in [2.24, 2.45) is 32.3 Å². The van der Waals surface area contributed by atoms with Crippen LogP contribution in [0.5, 0.6) is 11.5 Å². The molecule has 5 aromatic rings. The first kappa shape index (κ1) is 29.7. The summed E-state index contributed by atoms with van der Waals surface area (Å²) >= 11 is -2.96. The molecule has 0 radical (unpaired) electrons. The van der Waals surface area contributed by atoms with Crippen LogP contribution >= 0.6 is 0 Å². The van der Waals surface area contributed by atoms with Crippen molar-refractivity contribution in [3.05, 3.63) is 90.0 Å². The van der Waals surface area contributed by atoms with Crippen LogP contribution in [-0.2, 0) is 21.0 Å². The number of azo groups is 2. The molecule has 222 valence electrons. The molecular formula is C28H20N7O8S-. The lowest BCUT2D eigenvalue weighted by atomic mass is 10.1. The molecule has 0 aliphatic rings. The molecule has 0 aromatic heterocycles. The fraction of sp³-hybridized carbons (Fsp3) is 0. The lowest BCUT2D eigenvalue weighted by Crippen LogP contribution is -2.13. The van der Waals surface area contributed by atoms with Gasteiger partial charge in [-0.15, -0.1) is 15.3 Å². The third kappa shape index (κ3) is 6.18. The van der Waals surface area contributed by atoms with Crippen molar-refractivity contribution in [1.82, 2.24) is 0 Å². The summed E-state index contributed by atoms with van der Waals surface area (Å²) in [4.78, 5) is 32.4. The summed E-state index contributed by atoms with van der Waals surface area (Å²) < 4.78 is 27.5. The van der Waals surface area contributed by atoms with E-state index in [0.29, 0.717) is 38.6 Å². The smallest absolute Gasteiger partial charge is 0.356 e. The number of carbonyl (C=O) groups excluding carboxylic acids is 2. The number of phenols is 1. The molecule has 7 N–H and O–H groups in total. The number of nitrogen functional groups attached to an aromatic ring is 1. The summed E-state index contributed by atoms with van der Waals surface area (Å²) in [6, 6.07) is 20.0. The molecule has 0 spiro atoms. The van der Waals surface area contributed by atoms with Gasteiger partial charge in [-0.2, -0.15) is 16.9 Å². The Bertz CT molecular complexity index is 2000. The van der Waals surface area contributed by atoms with Gasteiger partial charge in [0.15, 0.2) is 17.2 Å². The molecule has 0 saturated heterocycles. The van der Waals surface area contributed by atoms with E-state index < -0.39 is 23.3 Å². The van der Waals surface area contributed by atoms with Crippen molar-refractivity contribution in [3.8, 4) is 11.5 Å². The zero-order valence-corrected chi connectivity index (χ0v) is 23.1. The van der Waals surface area contributed by atoms with Crippen LogP contribution < -0.4 is 21.7 Å². The monoisotopic (exact) mass is 614 g/mol. The van der Waals surface area contributed by atoms with Crippen LogP contribution in [0.25, 0.3) is 21.5 Å². The van der Waals surface area contributed by atoms with Crippen LogP contribution in [0.3, 0.4) is 0 Å². The number of nitrogens with two attached hydrogens (primary N) is 3. The van der Waals surface area contributed by atoms with Gasteiger partial charge in [0.2, 0.25) is 0 Å². The van der Waals surface area contributed by atoms with E-state index in [1.807, 2.05) is 0 Å². The number of phenolic OH excluding ortho intramolecular Hbond substituents is 1. The molecule has 0 saturated carbocycles. The summed E-state index contributed by atoms with van der Waals surface area (Å²) in [5, 5.41) is 29.7. The van der Waals surface area contributed by atoms with E-state index in [-0.39, 0.29) is 34.0 Å². The van der Waals surface area contributed by atoms with E-state index in [9.17, 15) is 23.5 Å². The highest BCUT2D eigenvalue weighted by molar-refractivity contribution is 7.74. The summed E-state index contributed by atoms with van der Waals surface area (Å²) in [6.07, 6.45) is 0. The number of hydrogen-bond donors (Lipinski definition) is 4. The van der Waals surface area contributed by atoms with E-state index in [1.165, 1.54) is 30.3 Å². The highest BCUT2D eigenvalue weighted by atomic mass is 32.2. The Labute approximate surface area is 250 Å². The molecule has 5 aromatic carbocycles. The Morgan fingerprint density at radius 2 is 1.34 bits per heavy atom. The lowest BCUT2D eigenvalue weighted by molar-refractivity contribution is 0.0501. The summed E-state index contributed by atoms with van der Waals surface area (Å²) in [6.45, 7) is 0. The third-order valence-corrected chi connectivity index (χ3v) is 6.56. The molecular weight excluding hydrogens is 594 g/mol. The highest BCUT2D eigenvalue weighted by Crippen LogP contribution is 2.45. The molecule has 5 rings (SSSR count). The maximum absolute atomic E-state index is 12.0. The Hall–Kier alpha value is -5.81. The first-order chi connectivity index (χ1) is 21.2. The number of hydrogen-bond acceptors (Lipinski definition) is 15. The molecule has 0 heterocycles. The minimum Gasteiger partial charge on any atom is -0.740 e. The molecule has 0 aliphatic heterocycles. The Morgan fingerprint density at radius 1 is 0.750 bits per heavy atom. The van der Waals surface area contributed by atoms with Gasteiger partial charge in [0.1, 0.15) is 11.4 Å². The van der Waals surface area contributed by atoms with Crippen LogP contribution in [0.1, 0.15) is 20.7 Å². The average Bonchev–Trinajstić information content (AvgIpc) is 3.03. The van der Waals surface area contributed by atoms with Crippen molar-refractivity contribution in [2.75, 3.05) is 5.73 Å². The first-order valence-corrected chi connectivity index (χ1v) is 13.3. The quantitative estimate of drug-likeness (QED) is 0.0750. The van der Waals surface area contributed by atoms with E-state index >= 15 is 0 Å². The van der Waals surface area contributed by atoms with Gasteiger partial charge in [-0.1, -0.05) is 30.3 Å². The standard InChI is InChI=1S/C28H21N7O8S/c29-17-6-5-14-12-24(43-44(39)40)25(26(36)21(14)13-17)35-34-23-8-7-22(19-3-1-2-4-20(19)23)33-32-18-10-15(27(37)41-30)9-16(11-18)28(38)42-31/h1-13,36H,29-31H2,(H,39,40)/p-1. The van der Waals surface area contributed by atoms with Gasteiger partial charge in [-0.3, -0.25) is 0 Å². The zero-order chi connectivity index (χ0) is 31.4. The number of anilines is 1. The topological polar surface area (TPSA) is 250 Å². The summed E-state index contributed by atoms with van der Waals surface area (Å²) in [7, 11) is 0. The van der Waals surface area contributed by atoms with Crippen LogP contribution in [0.15, 0.2) is 99.3 Å². The van der Waals surface area contributed by atoms with Crippen LogP contribution in [-0.4, -0.2) is 25.8 Å². The fourth-order valence-electron chi connectivity index (χ4n) is 4.29. The minimum atomic E-state index is -2.96. The highest BCUT2D eigenvalue weighted by Gasteiger charge is 2.17. The van der Waals surface area contributed by atoms with E-state index in [4.69, 9.17) is 21.7 Å². The second kappa shape index (κ2) is 12.6. The fourth-order valence-corrected chi connectivity index (χ4v) is 4.56. The largest absolute Gasteiger partial charge is 0.740 e. The number of benzene rings is 5. The number of aromatic hydroxyl groups is 1. The van der Waals surface area contributed by atoms with Crippen LogP contribution in [0, 0.1) is 0 Å². The van der Waals surface area contributed by atoms with Crippen LogP contribution in [0.4, 0.5) is 28.4 Å². The zero-order valence-electron chi connectivity index (χ0n) is 22.2. The molecule has 1 atom stereocenters. The lowest BCUT2D eigenvalue weighted by Gasteiger charge is -2.13. The molecule has 44 heavy (non-hydrogen) atoms. The van der Waals surface area contributed by atoms with Gasteiger partial charge in [0.05, 0.1) is 28.2 Å². The summed E-state index contributed by atoms with van der Waals surface area (Å²) in [5.41, 5.74) is 6.62. The molecule has 16 heteroatoms. The Morgan fingerprint density at radius 3 is 1.91 bits per heavy atom. The normalized spacial score (nSPS) is 12.2. The number of nitrogens with zero attached hydrogens (tertiary/aromatic N) is 4. The van der Waals surface area contributed by atoms with E-state index in [2.05, 4.69) is 30.1 Å². The summed E-state index contributed by atoms with van der Waals surface area (Å²) in [5.74, 6) is 7.46. The average molecular weight is 615 g/mol. The van der Waals surface area contributed by atoms with Gasteiger partial charge in [-0.05, 0) is 53.9 Å². The molecule has 0 aliphatic carbocycles. The Balaban J connectivity index is 1.56. The van der Waals surface area contributed by atoms with Gasteiger partial charge >= 0.3 is 11.9 Å². The number of carbonyl (C=O) groups is 2. The predicted molar refractivity (Wildman–Crippen MR) is 158 cm³/mol. The SMILES string of the molecule is NOC(=O)c1cc(N=Nc2ccc(N=Nc3c(OS(=O)[O-])cc4ccc(N)cc4c3O)c3ccccc23)cc(C(=O)ON)c1.